The van der Waals surface area contributed by atoms with Gasteiger partial charge in [0.25, 0.3) is 0 Å². The number of benzene rings is 1. The van der Waals surface area contributed by atoms with Gasteiger partial charge in [0.15, 0.2) is 5.76 Å². The van der Waals surface area contributed by atoms with Gasteiger partial charge in [-0.3, -0.25) is 4.79 Å². The molecule has 2 rings (SSSR count). The molecule has 0 aliphatic heterocycles. The van der Waals surface area contributed by atoms with Crippen molar-refractivity contribution < 1.29 is 13.9 Å². The lowest BCUT2D eigenvalue weighted by Crippen LogP contribution is -2.00. The molecule has 1 aromatic heterocycles. The molecule has 0 aliphatic rings. The van der Waals surface area contributed by atoms with Crippen LogP contribution in [0.2, 0.25) is 5.02 Å². The minimum Gasteiger partial charge on any atom is -0.495 e. The van der Waals surface area contributed by atoms with Gasteiger partial charge in [0.1, 0.15) is 11.5 Å². The topological polar surface area (TPSA) is 39.4 Å². The highest BCUT2D eigenvalue weighted by molar-refractivity contribution is 6.32. The molecule has 0 N–H and O–H groups in total. The fourth-order valence-electron chi connectivity index (χ4n) is 1.63. The summed E-state index contributed by atoms with van der Waals surface area (Å²) in [4.78, 5) is 12.2. The van der Waals surface area contributed by atoms with Crippen LogP contribution in [0.5, 0.6) is 5.75 Å². The Morgan fingerprint density at radius 1 is 1.33 bits per heavy atom. The normalized spacial score (nSPS) is 10.4. The molecule has 0 unspecified atom stereocenters. The highest BCUT2D eigenvalue weighted by Gasteiger charge is 2.15. The summed E-state index contributed by atoms with van der Waals surface area (Å²) in [6.45, 7) is 1.97. The summed E-state index contributed by atoms with van der Waals surface area (Å²) in [6.07, 6.45) is 0.761. The van der Waals surface area contributed by atoms with E-state index in [9.17, 15) is 4.79 Å². The van der Waals surface area contributed by atoms with E-state index in [2.05, 4.69) is 0 Å². The zero-order chi connectivity index (χ0) is 13.1. The summed E-state index contributed by atoms with van der Waals surface area (Å²) in [6, 6.07) is 8.39. The maximum atomic E-state index is 12.2. The Labute approximate surface area is 110 Å². The molecule has 0 radical (unpaired) electrons. The minimum absolute atomic E-state index is 0.176. The van der Waals surface area contributed by atoms with E-state index in [1.807, 2.05) is 6.92 Å². The Morgan fingerprint density at radius 3 is 2.72 bits per heavy atom. The number of ketones is 1. The summed E-state index contributed by atoms with van der Waals surface area (Å²) in [5.41, 5.74) is 0.494. The van der Waals surface area contributed by atoms with E-state index >= 15 is 0 Å². The second kappa shape index (κ2) is 5.27. The number of hydrogen-bond acceptors (Lipinski definition) is 3. The van der Waals surface area contributed by atoms with Crippen LogP contribution in [0.3, 0.4) is 0 Å². The highest BCUT2D eigenvalue weighted by Crippen LogP contribution is 2.26. The van der Waals surface area contributed by atoms with Gasteiger partial charge < -0.3 is 9.15 Å². The molecule has 1 aromatic carbocycles. The molecule has 0 bridgehead atoms. The molecule has 0 atom stereocenters. The van der Waals surface area contributed by atoms with Gasteiger partial charge in [0, 0.05) is 12.0 Å². The Morgan fingerprint density at radius 2 is 2.11 bits per heavy atom. The number of ether oxygens (including phenoxy) is 1. The molecule has 0 fully saturated rings. The van der Waals surface area contributed by atoms with E-state index in [-0.39, 0.29) is 5.78 Å². The number of carbonyl (C=O) groups is 1. The standard InChI is InChI=1S/C14H13ClO3/c1-3-10-5-7-12(18-10)14(16)9-4-6-11(15)13(8-9)17-2/h4-8H,3H2,1-2H3. The smallest absolute Gasteiger partial charge is 0.228 e. The first-order chi connectivity index (χ1) is 8.65. The number of carbonyl (C=O) groups excluding carboxylic acids is 1. The average Bonchev–Trinajstić information content (AvgIpc) is 2.87. The predicted molar refractivity (Wildman–Crippen MR) is 69.5 cm³/mol. The number of aryl methyl sites for hydroxylation is 1. The lowest BCUT2D eigenvalue weighted by atomic mass is 10.1. The summed E-state index contributed by atoms with van der Waals surface area (Å²) in [5, 5.41) is 0.475. The van der Waals surface area contributed by atoms with Gasteiger partial charge in [-0.15, -0.1) is 0 Å². The number of methoxy groups -OCH3 is 1. The van der Waals surface area contributed by atoms with Crippen LogP contribution < -0.4 is 4.74 Å². The zero-order valence-corrected chi connectivity index (χ0v) is 11.0. The Balaban J connectivity index is 2.33. The molecule has 4 heteroatoms. The number of hydrogen-bond donors (Lipinski definition) is 0. The van der Waals surface area contributed by atoms with Crippen molar-refractivity contribution >= 4 is 17.4 Å². The third-order valence-electron chi connectivity index (χ3n) is 2.65. The van der Waals surface area contributed by atoms with E-state index in [0.717, 1.165) is 12.2 Å². The van der Waals surface area contributed by atoms with Crippen LogP contribution in [0.4, 0.5) is 0 Å². The summed E-state index contributed by atoms with van der Waals surface area (Å²) >= 11 is 5.91. The van der Waals surface area contributed by atoms with Crippen molar-refractivity contribution in [2.24, 2.45) is 0 Å². The Bertz CT molecular complexity index is 572. The van der Waals surface area contributed by atoms with Crippen molar-refractivity contribution in [1.82, 2.24) is 0 Å². The SMILES string of the molecule is CCc1ccc(C(=O)c2ccc(Cl)c(OC)c2)o1. The van der Waals surface area contributed by atoms with Crippen molar-refractivity contribution in [3.8, 4) is 5.75 Å². The zero-order valence-electron chi connectivity index (χ0n) is 10.2. The number of halogens is 1. The molecule has 0 saturated carbocycles. The van der Waals surface area contributed by atoms with Gasteiger partial charge in [-0.25, -0.2) is 0 Å². The fourth-order valence-corrected chi connectivity index (χ4v) is 1.83. The lowest BCUT2D eigenvalue weighted by Gasteiger charge is -2.04. The molecule has 0 saturated heterocycles. The van der Waals surface area contributed by atoms with E-state index in [1.54, 1.807) is 30.3 Å². The van der Waals surface area contributed by atoms with Crippen molar-refractivity contribution in [1.29, 1.82) is 0 Å². The van der Waals surface area contributed by atoms with Crippen LogP contribution in [-0.4, -0.2) is 12.9 Å². The Hall–Kier alpha value is -1.74. The first-order valence-corrected chi connectivity index (χ1v) is 6.00. The molecule has 0 aliphatic carbocycles. The van der Waals surface area contributed by atoms with Crippen molar-refractivity contribution in [3.63, 3.8) is 0 Å². The van der Waals surface area contributed by atoms with Gasteiger partial charge in [-0.05, 0) is 30.3 Å². The van der Waals surface area contributed by atoms with Gasteiger partial charge in [-0.2, -0.15) is 0 Å². The fraction of sp³-hybridized carbons (Fsp3) is 0.214. The van der Waals surface area contributed by atoms with Crippen LogP contribution in [-0.2, 0) is 6.42 Å². The van der Waals surface area contributed by atoms with E-state index in [4.69, 9.17) is 20.8 Å². The van der Waals surface area contributed by atoms with E-state index in [0.29, 0.717) is 22.1 Å². The second-order valence-corrected chi connectivity index (χ2v) is 4.21. The molecule has 94 valence electrons. The maximum Gasteiger partial charge on any atom is 0.228 e. The third-order valence-corrected chi connectivity index (χ3v) is 2.96. The van der Waals surface area contributed by atoms with Crippen LogP contribution in [0.25, 0.3) is 0 Å². The lowest BCUT2D eigenvalue weighted by molar-refractivity contribution is 0.101. The van der Waals surface area contributed by atoms with Crippen LogP contribution in [0, 0.1) is 0 Å². The van der Waals surface area contributed by atoms with Crippen LogP contribution in [0.1, 0.15) is 28.8 Å². The molecule has 2 aromatic rings. The van der Waals surface area contributed by atoms with Gasteiger partial charge in [0.2, 0.25) is 5.78 Å². The van der Waals surface area contributed by atoms with Gasteiger partial charge >= 0.3 is 0 Å². The van der Waals surface area contributed by atoms with E-state index in [1.165, 1.54) is 7.11 Å². The quantitative estimate of drug-likeness (QED) is 0.790. The summed E-state index contributed by atoms with van der Waals surface area (Å²) in [5.74, 6) is 1.42. The predicted octanol–water partition coefficient (Wildman–Crippen LogP) is 3.74. The first kappa shape index (κ1) is 12.7. The van der Waals surface area contributed by atoms with Crippen molar-refractivity contribution in [2.75, 3.05) is 7.11 Å². The largest absolute Gasteiger partial charge is 0.495 e. The van der Waals surface area contributed by atoms with Crippen LogP contribution in [0.15, 0.2) is 34.7 Å². The minimum atomic E-state index is -0.176. The summed E-state index contributed by atoms with van der Waals surface area (Å²) in [7, 11) is 1.51. The first-order valence-electron chi connectivity index (χ1n) is 5.62. The van der Waals surface area contributed by atoms with Gasteiger partial charge in [0.05, 0.1) is 12.1 Å². The Kier molecular flexibility index (Phi) is 3.72. The number of rotatable bonds is 4. The molecule has 18 heavy (non-hydrogen) atoms. The number of furan rings is 1. The monoisotopic (exact) mass is 264 g/mol. The second-order valence-electron chi connectivity index (χ2n) is 3.80. The van der Waals surface area contributed by atoms with Crippen molar-refractivity contribution in [3.05, 3.63) is 52.4 Å². The van der Waals surface area contributed by atoms with E-state index < -0.39 is 0 Å². The molecular formula is C14H13ClO3. The molecule has 0 amide bonds. The third kappa shape index (κ3) is 2.41. The molecular weight excluding hydrogens is 252 g/mol. The molecule has 1 heterocycles. The highest BCUT2D eigenvalue weighted by atomic mass is 35.5. The average molecular weight is 265 g/mol. The van der Waals surface area contributed by atoms with Gasteiger partial charge in [-0.1, -0.05) is 18.5 Å². The molecule has 0 spiro atoms. The maximum absolute atomic E-state index is 12.2. The molecule has 3 nitrogen and oxygen atoms in total. The van der Waals surface area contributed by atoms with Crippen LogP contribution >= 0.6 is 11.6 Å². The van der Waals surface area contributed by atoms with Crippen molar-refractivity contribution in [2.45, 2.75) is 13.3 Å². The summed E-state index contributed by atoms with van der Waals surface area (Å²) < 4.78 is 10.5.